The molecule has 0 radical (unpaired) electrons. The Balaban J connectivity index is 2.10. The van der Waals surface area contributed by atoms with Crippen LogP contribution in [0.3, 0.4) is 0 Å². The lowest BCUT2D eigenvalue weighted by Crippen LogP contribution is -2.34. The third-order valence-corrected chi connectivity index (χ3v) is 3.90. The van der Waals surface area contributed by atoms with Crippen molar-refractivity contribution in [2.45, 2.75) is 6.92 Å². The maximum Gasteiger partial charge on any atom is 0.261 e. The highest BCUT2D eigenvalue weighted by atomic mass is 79.9. The van der Waals surface area contributed by atoms with Gasteiger partial charge in [-0.1, -0.05) is 40.7 Å². The van der Waals surface area contributed by atoms with Crippen LogP contribution in [-0.2, 0) is 0 Å². The molecule has 26 heavy (non-hydrogen) atoms. The zero-order valence-corrected chi connectivity index (χ0v) is 16.7. The minimum Gasteiger partial charge on any atom is -0.493 e. The fraction of sp³-hybridized carbons (Fsp3) is 0.158. The van der Waals surface area contributed by atoms with Gasteiger partial charge in [-0.15, -0.1) is 0 Å². The van der Waals surface area contributed by atoms with Crippen molar-refractivity contribution in [2.24, 2.45) is 0 Å². The van der Waals surface area contributed by atoms with E-state index in [0.717, 1.165) is 4.47 Å². The molecule has 0 aliphatic carbocycles. The molecule has 0 aromatic heterocycles. The van der Waals surface area contributed by atoms with Crippen LogP contribution >= 0.6 is 28.1 Å². The average molecular weight is 435 g/mol. The Morgan fingerprint density at radius 3 is 2.73 bits per heavy atom. The van der Waals surface area contributed by atoms with Gasteiger partial charge in [-0.25, -0.2) is 0 Å². The number of ether oxygens (including phenoxy) is 2. The molecule has 0 bridgehead atoms. The van der Waals surface area contributed by atoms with E-state index in [2.05, 4.69) is 33.1 Å². The molecule has 0 spiro atoms. The first-order valence-corrected chi connectivity index (χ1v) is 9.12. The van der Waals surface area contributed by atoms with Gasteiger partial charge in [0, 0.05) is 4.47 Å². The predicted octanol–water partition coefficient (Wildman–Crippen LogP) is 4.54. The summed E-state index contributed by atoms with van der Waals surface area (Å²) in [5.41, 5.74) is 1.04. The molecule has 7 heteroatoms. The van der Waals surface area contributed by atoms with Gasteiger partial charge in [0.25, 0.3) is 5.91 Å². The third kappa shape index (κ3) is 5.57. The lowest BCUT2D eigenvalue weighted by atomic mass is 10.2. The molecule has 5 nitrogen and oxygen atoms in total. The summed E-state index contributed by atoms with van der Waals surface area (Å²) >= 11 is 8.61. The van der Waals surface area contributed by atoms with Gasteiger partial charge < -0.3 is 14.8 Å². The SMILES string of the molecule is C=CCOc1ccccc1NC(=S)NC(=O)c1cc(Br)ccc1OCC. The number of carbonyl (C=O) groups is 1. The molecule has 1 amide bonds. The number of thiocarbonyl (C=S) groups is 1. The number of para-hydroxylation sites is 2. The molecule has 0 saturated heterocycles. The summed E-state index contributed by atoms with van der Waals surface area (Å²) in [5, 5.41) is 5.79. The zero-order chi connectivity index (χ0) is 18.9. The van der Waals surface area contributed by atoms with E-state index in [-0.39, 0.29) is 11.0 Å². The van der Waals surface area contributed by atoms with Crippen molar-refractivity contribution in [1.29, 1.82) is 0 Å². The first-order chi connectivity index (χ1) is 12.5. The predicted molar refractivity (Wildman–Crippen MR) is 111 cm³/mol. The van der Waals surface area contributed by atoms with Crippen LogP contribution in [-0.4, -0.2) is 24.2 Å². The highest BCUT2D eigenvalue weighted by molar-refractivity contribution is 9.10. The van der Waals surface area contributed by atoms with Gasteiger partial charge in [0.15, 0.2) is 5.11 Å². The molecule has 0 atom stereocenters. The van der Waals surface area contributed by atoms with Crippen LogP contribution in [0.4, 0.5) is 5.69 Å². The van der Waals surface area contributed by atoms with Crippen molar-refractivity contribution in [1.82, 2.24) is 5.32 Å². The first kappa shape index (κ1) is 19.9. The largest absolute Gasteiger partial charge is 0.493 e. The molecule has 0 saturated carbocycles. The van der Waals surface area contributed by atoms with E-state index < -0.39 is 0 Å². The number of rotatable bonds is 7. The summed E-state index contributed by atoms with van der Waals surface area (Å²) in [6.07, 6.45) is 1.65. The highest BCUT2D eigenvalue weighted by Crippen LogP contribution is 2.25. The molecule has 2 N–H and O–H groups in total. The Morgan fingerprint density at radius 1 is 1.23 bits per heavy atom. The molecule has 0 aliphatic rings. The minimum absolute atomic E-state index is 0.159. The van der Waals surface area contributed by atoms with Gasteiger partial charge in [0.2, 0.25) is 0 Å². The van der Waals surface area contributed by atoms with E-state index in [9.17, 15) is 4.79 Å². The van der Waals surface area contributed by atoms with E-state index in [1.807, 2.05) is 31.2 Å². The molecule has 0 unspecified atom stereocenters. The summed E-state index contributed by atoms with van der Waals surface area (Å²) in [6.45, 7) is 6.31. The van der Waals surface area contributed by atoms with Crippen LogP contribution in [0, 0.1) is 0 Å². The number of halogens is 1. The maximum atomic E-state index is 12.6. The van der Waals surface area contributed by atoms with Crippen molar-refractivity contribution in [3.05, 3.63) is 65.2 Å². The van der Waals surface area contributed by atoms with Crippen LogP contribution < -0.4 is 20.1 Å². The van der Waals surface area contributed by atoms with Crippen molar-refractivity contribution < 1.29 is 14.3 Å². The molecule has 136 valence electrons. The summed E-state index contributed by atoms with van der Waals surface area (Å²) in [6, 6.07) is 12.5. The van der Waals surface area contributed by atoms with Crippen LogP contribution in [0.25, 0.3) is 0 Å². The summed E-state index contributed by atoms with van der Waals surface area (Å²) < 4.78 is 11.8. The van der Waals surface area contributed by atoms with Crippen LogP contribution in [0.1, 0.15) is 17.3 Å². The van der Waals surface area contributed by atoms with E-state index in [4.69, 9.17) is 21.7 Å². The van der Waals surface area contributed by atoms with Gasteiger partial charge in [0.05, 0.1) is 17.9 Å². The van der Waals surface area contributed by atoms with E-state index in [1.165, 1.54) is 0 Å². The monoisotopic (exact) mass is 434 g/mol. The van der Waals surface area contributed by atoms with Gasteiger partial charge in [-0.05, 0) is 49.5 Å². The molecule has 0 aliphatic heterocycles. The van der Waals surface area contributed by atoms with E-state index in [0.29, 0.717) is 36.0 Å². The number of hydrogen-bond donors (Lipinski definition) is 2. The van der Waals surface area contributed by atoms with E-state index >= 15 is 0 Å². The second kappa shape index (κ2) is 9.94. The van der Waals surface area contributed by atoms with Gasteiger partial charge in [0.1, 0.15) is 18.1 Å². The number of carbonyl (C=O) groups excluding carboxylic acids is 1. The van der Waals surface area contributed by atoms with Gasteiger partial charge in [-0.3, -0.25) is 10.1 Å². The number of benzene rings is 2. The Kier molecular flexibility index (Phi) is 7.62. The number of nitrogens with one attached hydrogen (secondary N) is 2. The highest BCUT2D eigenvalue weighted by Gasteiger charge is 2.15. The Labute approximate surface area is 166 Å². The van der Waals surface area contributed by atoms with Crippen LogP contribution in [0.2, 0.25) is 0 Å². The van der Waals surface area contributed by atoms with Crippen molar-refractivity contribution in [3.63, 3.8) is 0 Å². The van der Waals surface area contributed by atoms with Crippen LogP contribution in [0.15, 0.2) is 59.6 Å². The summed E-state index contributed by atoms with van der Waals surface area (Å²) in [4.78, 5) is 12.6. The zero-order valence-electron chi connectivity index (χ0n) is 14.3. The third-order valence-electron chi connectivity index (χ3n) is 3.21. The Bertz CT molecular complexity index is 811. The molecular weight excluding hydrogens is 416 g/mol. The number of hydrogen-bond acceptors (Lipinski definition) is 4. The average Bonchev–Trinajstić information content (AvgIpc) is 2.62. The normalized spacial score (nSPS) is 9.92. The molecule has 0 fully saturated rings. The minimum atomic E-state index is -0.364. The van der Waals surface area contributed by atoms with Crippen molar-refractivity contribution in [2.75, 3.05) is 18.5 Å². The van der Waals surface area contributed by atoms with Crippen molar-refractivity contribution >= 4 is 44.9 Å². The maximum absolute atomic E-state index is 12.6. The molecule has 0 heterocycles. The standard InChI is InChI=1S/C19H19BrN2O3S/c1-3-11-25-17-8-6-5-7-15(17)21-19(26)22-18(23)14-12-13(20)9-10-16(14)24-4-2/h3,5-10,12H,1,4,11H2,2H3,(H2,21,22,23,26). The Hall–Kier alpha value is -2.38. The van der Waals surface area contributed by atoms with Gasteiger partial charge in [-0.2, -0.15) is 0 Å². The summed E-state index contributed by atoms with van der Waals surface area (Å²) in [5.74, 6) is 0.740. The van der Waals surface area contributed by atoms with Crippen LogP contribution in [0.5, 0.6) is 11.5 Å². The molecular formula is C19H19BrN2O3S. The molecule has 2 aromatic carbocycles. The fourth-order valence-electron chi connectivity index (χ4n) is 2.13. The quantitative estimate of drug-likeness (QED) is 0.494. The topological polar surface area (TPSA) is 59.6 Å². The smallest absolute Gasteiger partial charge is 0.261 e. The van der Waals surface area contributed by atoms with E-state index in [1.54, 1.807) is 24.3 Å². The molecule has 2 aromatic rings. The number of amides is 1. The summed E-state index contributed by atoms with van der Waals surface area (Å²) in [7, 11) is 0. The first-order valence-electron chi connectivity index (χ1n) is 7.92. The second-order valence-corrected chi connectivity index (χ2v) is 6.40. The lowest BCUT2D eigenvalue weighted by molar-refractivity contribution is 0.0974. The Morgan fingerprint density at radius 2 is 2.00 bits per heavy atom. The second-order valence-electron chi connectivity index (χ2n) is 5.08. The van der Waals surface area contributed by atoms with Gasteiger partial charge >= 0.3 is 0 Å². The number of anilines is 1. The molecule has 2 rings (SSSR count). The fourth-order valence-corrected chi connectivity index (χ4v) is 2.69. The lowest BCUT2D eigenvalue weighted by Gasteiger charge is -2.15. The van der Waals surface area contributed by atoms with Crippen molar-refractivity contribution in [3.8, 4) is 11.5 Å².